The molecule has 0 aliphatic heterocycles. The molecule has 1 aromatic rings. The third kappa shape index (κ3) is 3.75. The second kappa shape index (κ2) is 6.64. The van der Waals surface area contributed by atoms with Gasteiger partial charge in [0.2, 0.25) is 0 Å². The van der Waals surface area contributed by atoms with Crippen molar-refractivity contribution in [2.45, 2.75) is 51.6 Å². The molecule has 0 bridgehead atoms. The Balaban J connectivity index is 2.09. The smallest absolute Gasteiger partial charge is 0.167 e. The molecule has 0 spiro atoms. The second-order valence-corrected chi connectivity index (χ2v) is 5.05. The Kier molecular flexibility index (Phi) is 4.88. The van der Waals surface area contributed by atoms with Crippen LogP contribution in [0.15, 0.2) is 12.1 Å². The average molecular weight is 267 g/mol. The lowest BCUT2D eigenvalue weighted by Gasteiger charge is -2.24. The highest BCUT2D eigenvalue weighted by Crippen LogP contribution is 2.33. The van der Waals surface area contributed by atoms with Gasteiger partial charge in [0.25, 0.3) is 0 Å². The summed E-state index contributed by atoms with van der Waals surface area (Å²) in [4.78, 5) is 0. The van der Waals surface area contributed by atoms with Crippen molar-refractivity contribution in [1.29, 1.82) is 0 Å². The van der Waals surface area contributed by atoms with E-state index in [4.69, 9.17) is 15.2 Å². The number of halogens is 1. The van der Waals surface area contributed by atoms with E-state index in [1.165, 1.54) is 25.3 Å². The van der Waals surface area contributed by atoms with Crippen molar-refractivity contribution in [3.63, 3.8) is 0 Å². The van der Waals surface area contributed by atoms with Gasteiger partial charge in [-0.3, -0.25) is 0 Å². The zero-order chi connectivity index (χ0) is 13.7. The molecule has 1 saturated carbocycles. The Bertz CT molecular complexity index is 417. The number of hydrogen-bond acceptors (Lipinski definition) is 3. The first-order valence-electron chi connectivity index (χ1n) is 7.09. The molecule has 1 aliphatic carbocycles. The summed E-state index contributed by atoms with van der Waals surface area (Å²) in [5.41, 5.74) is 6.16. The van der Waals surface area contributed by atoms with Gasteiger partial charge in [-0.25, -0.2) is 4.39 Å². The molecule has 0 heterocycles. The van der Waals surface area contributed by atoms with E-state index in [0.29, 0.717) is 18.0 Å². The van der Waals surface area contributed by atoms with Crippen molar-refractivity contribution in [2.75, 3.05) is 12.3 Å². The highest BCUT2D eigenvalue weighted by molar-refractivity contribution is 5.56. The van der Waals surface area contributed by atoms with Crippen LogP contribution in [-0.2, 0) is 0 Å². The lowest BCUT2D eigenvalue weighted by Crippen LogP contribution is -2.20. The number of ether oxygens (including phenoxy) is 2. The van der Waals surface area contributed by atoms with Crippen LogP contribution < -0.4 is 15.2 Å². The van der Waals surface area contributed by atoms with Gasteiger partial charge in [0, 0.05) is 12.1 Å². The van der Waals surface area contributed by atoms with E-state index in [1.54, 1.807) is 6.07 Å². The molecular weight excluding hydrogens is 245 g/mol. The van der Waals surface area contributed by atoms with Gasteiger partial charge in [0.05, 0.1) is 18.4 Å². The van der Waals surface area contributed by atoms with Gasteiger partial charge in [-0.15, -0.1) is 0 Å². The minimum atomic E-state index is -0.429. The first kappa shape index (κ1) is 14.0. The van der Waals surface area contributed by atoms with Gasteiger partial charge < -0.3 is 15.2 Å². The van der Waals surface area contributed by atoms with Crippen LogP contribution in [0.3, 0.4) is 0 Å². The summed E-state index contributed by atoms with van der Waals surface area (Å²) in [6, 6.07) is 2.86. The van der Waals surface area contributed by atoms with Crippen molar-refractivity contribution < 1.29 is 13.9 Å². The van der Waals surface area contributed by atoms with Crippen LogP contribution in [0.2, 0.25) is 0 Å². The third-order valence-electron chi connectivity index (χ3n) is 3.37. The summed E-state index contributed by atoms with van der Waals surface area (Å²) in [6.07, 6.45) is 6.76. The molecule has 0 saturated heterocycles. The number of benzene rings is 1. The normalized spacial score (nSPS) is 16.3. The quantitative estimate of drug-likeness (QED) is 0.823. The topological polar surface area (TPSA) is 44.5 Å². The molecule has 106 valence electrons. The molecule has 1 aliphatic rings. The fourth-order valence-electron chi connectivity index (χ4n) is 2.34. The Morgan fingerprint density at radius 3 is 2.63 bits per heavy atom. The molecule has 1 fully saturated rings. The van der Waals surface area contributed by atoms with Gasteiger partial charge in [-0.05, 0) is 32.1 Å². The third-order valence-corrected chi connectivity index (χ3v) is 3.37. The Morgan fingerprint density at radius 1 is 1.21 bits per heavy atom. The summed E-state index contributed by atoms with van der Waals surface area (Å²) in [5, 5.41) is 0. The Morgan fingerprint density at radius 2 is 1.95 bits per heavy atom. The largest absolute Gasteiger partial charge is 0.490 e. The van der Waals surface area contributed by atoms with Crippen LogP contribution in [0.1, 0.15) is 45.4 Å². The van der Waals surface area contributed by atoms with Crippen molar-refractivity contribution in [2.24, 2.45) is 0 Å². The minimum Gasteiger partial charge on any atom is -0.490 e. The number of anilines is 1. The molecule has 2 N–H and O–H groups in total. The van der Waals surface area contributed by atoms with Gasteiger partial charge in [0.15, 0.2) is 11.6 Å². The predicted molar refractivity (Wildman–Crippen MR) is 74.1 cm³/mol. The second-order valence-electron chi connectivity index (χ2n) is 5.05. The zero-order valence-electron chi connectivity index (χ0n) is 11.5. The van der Waals surface area contributed by atoms with Crippen LogP contribution in [0.4, 0.5) is 10.1 Å². The van der Waals surface area contributed by atoms with E-state index in [9.17, 15) is 4.39 Å². The SMILES string of the molecule is CCCOc1cc(OC2CCCCC2)c(N)cc1F. The Hall–Kier alpha value is -1.45. The van der Waals surface area contributed by atoms with E-state index in [0.717, 1.165) is 19.3 Å². The molecule has 0 radical (unpaired) electrons. The monoisotopic (exact) mass is 267 g/mol. The van der Waals surface area contributed by atoms with Crippen molar-refractivity contribution in [1.82, 2.24) is 0 Å². The summed E-state index contributed by atoms with van der Waals surface area (Å²) in [5.74, 6) is 0.336. The fourth-order valence-corrected chi connectivity index (χ4v) is 2.34. The highest BCUT2D eigenvalue weighted by atomic mass is 19.1. The van der Waals surface area contributed by atoms with Crippen LogP contribution in [0, 0.1) is 5.82 Å². The predicted octanol–water partition coefficient (Wildman–Crippen LogP) is 3.91. The fraction of sp³-hybridized carbons (Fsp3) is 0.600. The number of hydrogen-bond donors (Lipinski definition) is 1. The molecular formula is C15H22FNO2. The maximum atomic E-state index is 13.7. The number of nitrogens with two attached hydrogens (primary N) is 1. The van der Waals surface area contributed by atoms with Gasteiger partial charge in [-0.2, -0.15) is 0 Å². The molecule has 0 unspecified atom stereocenters. The number of nitrogen functional groups attached to an aromatic ring is 1. The molecule has 0 aromatic heterocycles. The van der Waals surface area contributed by atoms with Crippen LogP contribution >= 0.6 is 0 Å². The summed E-state index contributed by atoms with van der Waals surface area (Å²) in [6.45, 7) is 2.47. The molecule has 1 aromatic carbocycles. The maximum Gasteiger partial charge on any atom is 0.167 e. The Labute approximate surface area is 113 Å². The van der Waals surface area contributed by atoms with Gasteiger partial charge in [-0.1, -0.05) is 13.3 Å². The lowest BCUT2D eigenvalue weighted by atomic mass is 9.98. The molecule has 0 amide bonds. The number of rotatable bonds is 5. The van der Waals surface area contributed by atoms with Crippen molar-refractivity contribution >= 4 is 5.69 Å². The molecule has 2 rings (SSSR count). The summed E-state index contributed by atoms with van der Waals surface area (Å²) in [7, 11) is 0. The summed E-state index contributed by atoms with van der Waals surface area (Å²) >= 11 is 0. The minimum absolute atomic E-state index is 0.195. The van der Waals surface area contributed by atoms with Gasteiger partial charge in [0.1, 0.15) is 5.75 Å². The van der Waals surface area contributed by atoms with Crippen LogP contribution in [0.5, 0.6) is 11.5 Å². The molecule has 3 nitrogen and oxygen atoms in total. The first-order valence-corrected chi connectivity index (χ1v) is 7.09. The molecule has 0 atom stereocenters. The summed E-state index contributed by atoms with van der Waals surface area (Å²) < 4.78 is 24.9. The zero-order valence-corrected chi connectivity index (χ0v) is 11.5. The van der Waals surface area contributed by atoms with Crippen molar-refractivity contribution in [3.8, 4) is 11.5 Å². The van der Waals surface area contributed by atoms with E-state index in [1.807, 2.05) is 6.92 Å². The standard InChI is InChI=1S/C15H22FNO2/c1-2-8-18-14-10-15(13(17)9-12(14)16)19-11-6-4-3-5-7-11/h9-11H,2-8,17H2,1H3. The van der Waals surface area contributed by atoms with E-state index >= 15 is 0 Å². The highest BCUT2D eigenvalue weighted by Gasteiger charge is 2.17. The molecule has 19 heavy (non-hydrogen) atoms. The van der Waals surface area contributed by atoms with Crippen LogP contribution in [0.25, 0.3) is 0 Å². The van der Waals surface area contributed by atoms with E-state index in [2.05, 4.69) is 0 Å². The van der Waals surface area contributed by atoms with E-state index in [-0.39, 0.29) is 11.9 Å². The average Bonchev–Trinajstić information content (AvgIpc) is 2.42. The maximum absolute atomic E-state index is 13.7. The van der Waals surface area contributed by atoms with Crippen LogP contribution in [-0.4, -0.2) is 12.7 Å². The molecule has 4 heteroatoms. The van der Waals surface area contributed by atoms with Gasteiger partial charge >= 0.3 is 0 Å². The first-order chi connectivity index (χ1) is 9.20. The van der Waals surface area contributed by atoms with Crippen molar-refractivity contribution in [3.05, 3.63) is 17.9 Å². The van der Waals surface area contributed by atoms with E-state index < -0.39 is 5.82 Å². The lowest BCUT2D eigenvalue weighted by molar-refractivity contribution is 0.155.